The quantitative estimate of drug-likeness (QED) is 0.636. The molecule has 0 unspecified atom stereocenters. The number of nitrogens with one attached hydrogen (secondary N) is 1. The molecule has 0 aliphatic rings. The first-order valence-corrected chi connectivity index (χ1v) is 4.81. The van der Waals surface area contributed by atoms with Gasteiger partial charge in [0.2, 0.25) is 5.91 Å². The van der Waals surface area contributed by atoms with Gasteiger partial charge in [0.25, 0.3) is 0 Å². The van der Waals surface area contributed by atoms with E-state index in [1.165, 1.54) is 0 Å². The highest BCUT2D eigenvalue weighted by atomic mass is 16.2. The van der Waals surface area contributed by atoms with Crippen LogP contribution < -0.4 is 16.8 Å². The van der Waals surface area contributed by atoms with Crippen molar-refractivity contribution in [3.05, 3.63) is 29.8 Å². The number of carbonyl (C=O) groups excluding carboxylic acids is 1. The summed E-state index contributed by atoms with van der Waals surface area (Å²) in [6.45, 7) is 3.79. The number of nitrogens with two attached hydrogens (primary N) is 2. The fourth-order valence-electron chi connectivity index (χ4n) is 1.11. The molecule has 0 fully saturated rings. The monoisotopic (exact) mass is 207 g/mol. The Morgan fingerprint density at radius 2 is 2.13 bits per heavy atom. The molecule has 0 heterocycles. The highest BCUT2D eigenvalue weighted by Gasteiger charge is 2.20. The third-order valence-electron chi connectivity index (χ3n) is 1.99. The predicted octanol–water partition coefficient (Wildman–Crippen LogP) is 0.622. The summed E-state index contributed by atoms with van der Waals surface area (Å²) in [6, 6.07) is 7.38. The van der Waals surface area contributed by atoms with Gasteiger partial charge in [-0.25, -0.2) is 0 Å². The lowest BCUT2D eigenvalue weighted by molar-refractivity contribution is -0.125. The van der Waals surface area contributed by atoms with Gasteiger partial charge in [-0.15, -0.1) is 0 Å². The van der Waals surface area contributed by atoms with Gasteiger partial charge in [-0.1, -0.05) is 12.1 Å². The molecule has 0 aromatic heterocycles. The maximum atomic E-state index is 11.5. The van der Waals surface area contributed by atoms with E-state index >= 15 is 0 Å². The minimum atomic E-state index is -0.847. The molecule has 1 aromatic carbocycles. The Labute approximate surface area is 89.6 Å². The highest BCUT2D eigenvalue weighted by molar-refractivity contribution is 5.84. The van der Waals surface area contributed by atoms with Crippen LogP contribution in [0.2, 0.25) is 0 Å². The van der Waals surface area contributed by atoms with E-state index in [0.717, 1.165) is 5.56 Å². The molecule has 1 amide bonds. The Morgan fingerprint density at radius 3 is 2.67 bits per heavy atom. The normalized spacial score (nSPS) is 11.1. The summed E-state index contributed by atoms with van der Waals surface area (Å²) < 4.78 is 0. The van der Waals surface area contributed by atoms with Crippen molar-refractivity contribution in [3.8, 4) is 0 Å². The first-order chi connectivity index (χ1) is 6.89. The molecule has 0 saturated heterocycles. The second-order valence-corrected chi connectivity index (χ2v) is 4.15. The van der Waals surface area contributed by atoms with Crippen LogP contribution in [0.1, 0.15) is 19.4 Å². The van der Waals surface area contributed by atoms with Gasteiger partial charge in [0, 0.05) is 12.2 Å². The third kappa shape index (κ3) is 3.59. The SMILES string of the molecule is CC(C)(N)C(=O)NCc1cccc(N)c1. The highest BCUT2D eigenvalue weighted by Crippen LogP contribution is 2.06. The molecule has 15 heavy (non-hydrogen) atoms. The Morgan fingerprint density at radius 1 is 1.47 bits per heavy atom. The molecule has 0 aliphatic heterocycles. The Bertz CT molecular complexity index is 355. The van der Waals surface area contributed by atoms with Crippen molar-refractivity contribution in [3.63, 3.8) is 0 Å². The zero-order valence-electron chi connectivity index (χ0n) is 9.08. The fraction of sp³-hybridized carbons (Fsp3) is 0.364. The van der Waals surface area contributed by atoms with Crippen molar-refractivity contribution in [2.24, 2.45) is 5.73 Å². The molecule has 4 nitrogen and oxygen atoms in total. The molecule has 5 N–H and O–H groups in total. The van der Waals surface area contributed by atoms with Crippen LogP contribution in [-0.4, -0.2) is 11.4 Å². The Balaban J connectivity index is 2.55. The summed E-state index contributed by atoms with van der Waals surface area (Å²) in [6.07, 6.45) is 0. The summed E-state index contributed by atoms with van der Waals surface area (Å²) in [5.74, 6) is -0.176. The number of rotatable bonds is 3. The number of nitrogen functional groups attached to an aromatic ring is 1. The summed E-state index contributed by atoms with van der Waals surface area (Å²) in [5, 5.41) is 2.75. The summed E-state index contributed by atoms with van der Waals surface area (Å²) >= 11 is 0. The van der Waals surface area contributed by atoms with E-state index in [9.17, 15) is 4.79 Å². The molecule has 82 valence electrons. The van der Waals surface area contributed by atoms with E-state index in [-0.39, 0.29) is 5.91 Å². The van der Waals surface area contributed by atoms with E-state index in [2.05, 4.69) is 5.32 Å². The van der Waals surface area contributed by atoms with Gasteiger partial charge >= 0.3 is 0 Å². The van der Waals surface area contributed by atoms with Gasteiger partial charge in [-0.3, -0.25) is 4.79 Å². The summed E-state index contributed by atoms with van der Waals surface area (Å²) in [5.41, 5.74) is 12.1. The lowest BCUT2D eigenvalue weighted by Crippen LogP contribution is -2.48. The van der Waals surface area contributed by atoms with Crippen LogP contribution >= 0.6 is 0 Å². The van der Waals surface area contributed by atoms with Crippen LogP contribution in [0.15, 0.2) is 24.3 Å². The van der Waals surface area contributed by atoms with E-state index in [0.29, 0.717) is 12.2 Å². The predicted molar refractivity (Wildman–Crippen MR) is 61.0 cm³/mol. The first-order valence-electron chi connectivity index (χ1n) is 4.81. The van der Waals surface area contributed by atoms with E-state index in [1.807, 2.05) is 18.2 Å². The van der Waals surface area contributed by atoms with Crippen molar-refractivity contribution in [2.75, 3.05) is 5.73 Å². The number of hydrogen-bond donors (Lipinski definition) is 3. The second-order valence-electron chi connectivity index (χ2n) is 4.15. The van der Waals surface area contributed by atoms with Gasteiger partial charge in [0.1, 0.15) is 0 Å². The number of benzene rings is 1. The topological polar surface area (TPSA) is 81.1 Å². The van der Waals surface area contributed by atoms with Gasteiger partial charge < -0.3 is 16.8 Å². The molecule has 0 bridgehead atoms. The molecule has 4 heteroatoms. The lowest BCUT2D eigenvalue weighted by atomic mass is 10.1. The molecular weight excluding hydrogens is 190 g/mol. The average molecular weight is 207 g/mol. The fourth-order valence-corrected chi connectivity index (χ4v) is 1.11. The number of hydrogen-bond acceptors (Lipinski definition) is 3. The van der Waals surface area contributed by atoms with E-state index in [1.54, 1.807) is 19.9 Å². The molecule has 0 aliphatic carbocycles. The molecule has 0 saturated carbocycles. The Kier molecular flexibility index (Phi) is 3.31. The van der Waals surface area contributed by atoms with Crippen molar-refractivity contribution in [1.29, 1.82) is 0 Å². The van der Waals surface area contributed by atoms with Crippen molar-refractivity contribution in [2.45, 2.75) is 25.9 Å². The van der Waals surface area contributed by atoms with Crippen LogP contribution in [0.4, 0.5) is 5.69 Å². The average Bonchev–Trinajstić information content (AvgIpc) is 2.12. The van der Waals surface area contributed by atoms with E-state index < -0.39 is 5.54 Å². The third-order valence-corrected chi connectivity index (χ3v) is 1.99. The van der Waals surface area contributed by atoms with Crippen molar-refractivity contribution >= 4 is 11.6 Å². The first kappa shape index (κ1) is 11.5. The van der Waals surface area contributed by atoms with Crippen LogP contribution in [0.3, 0.4) is 0 Å². The van der Waals surface area contributed by atoms with Gasteiger partial charge in [-0.2, -0.15) is 0 Å². The van der Waals surface area contributed by atoms with Crippen LogP contribution in [0, 0.1) is 0 Å². The smallest absolute Gasteiger partial charge is 0.239 e. The maximum absolute atomic E-state index is 11.5. The molecule has 1 rings (SSSR count). The molecule has 0 atom stereocenters. The van der Waals surface area contributed by atoms with Gasteiger partial charge in [0.05, 0.1) is 5.54 Å². The van der Waals surface area contributed by atoms with Gasteiger partial charge in [-0.05, 0) is 31.5 Å². The van der Waals surface area contributed by atoms with Crippen LogP contribution in [-0.2, 0) is 11.3 Å². The van der Waals surface area contributed by atoms with Crippen LogP contribution in [0.25, 0.3) is 0 Å². The number of amides is 1. The molecule has 1 aromatic rings. The summed E-state index contributed by atoms with van der Waals surface area (Å²) in [7, 11) is 0. The van der Waals surface area contributed by atoms with Gasteiger partial charge in [0.15, 0.2) is 0 Å². The molecule has 0 radical (unpaired) electrons. The lowest BCUT2D eigenvalue weighted by Gasteiger charge is -2.17. The number of anilines is 1. The van der Waals surface area contributed by atoms with E-state index in [4.69, 9.17) is 11.5 Å². The zero-order valence-corrected chi connectivity index (χ0v) is 9.08. The standard InChI is InChI=1S/C11H17N3O/c1-11(2,13)10(15)14-7-8-4-3-5-9(12)6-8/h3-6H,7,12-13H2,1-2H3,(H,14,15). The second kappa shape index (κ2) is 4.31. The minimum Gasteiger partial charge on any atom is -0.399 e. The zero-order chi connectivity index (χ0) is 11.5. The Hall–Kier alpha value is -1.55. The van der Waals surface area contributed by atoms with Crippen molar-refractivity contribution < 1.29 is 4.79 Å². The molecular formula is C11H17N3O. The minimum absolute atomic E-state index is 0.176. The maximum Gasteiger partial charge on any atom is 0.239 e. The number of carbonyl (C=O) groups is 1. The summed E-state index contributed by atoms with van der Waals surface area (Å²) in [4.78, 5) is 11.5. The van der Waals surface area contributed by atoms with Crippen LogP contribution in [0.5, 0.6) is 0 Å². The van der Waals surface area contributed by atoms with Crippen molar-refractivity contribution in [1.82, 2.24) is 5.32 Å². The largest absolute Gasteiger partial charge is 0.399 e. The molecule has 0 spiro atoms.